The number of carbonyl (C=O) groups is 1. The molecular weight excluding hydrogens is 356 g/mol. The number of aliphatic carboxylic acids is 1. The predicted molar refractivity (Wildman–Crippen MR) is 99.6 cm³/mol. The Labute approximate surface area is 150 Å². The van der Waals surface area contributed by atoms with E-state index in [1.165, 1.54) is 22.7 Å². The zero-order valence-corrected chi connectivity index (χ0v) is 14.5. The third kappa shape index (κ3) is 3.38. The van der Waals surface area contributed by atoms with Crippen LogP contribution in [0.25, 0.3) is 32.6 Å². The highest BCUT2D eigenvalue weighted by atomic mass is 32.1. The van der Waals surface area contributed by atoms with Gasteiger partial charge in [0, 0.05) is 16.6 Å². The van der Waals surface area contributed by atoms with Crippen LogP contribution in [0.15, 0.2) is 53.3 Å². The third-order valence-corrected chi connectivity index (χ3v) is 5.55. The van der Waals surface area contributed by atoms with Crippen LogP contribution in [0.3, 0.4) is 0 Å². The SMILES string of the molecule is O=C(O)C/C(=C\c1cnc(-c2ccco2)s1)c1nc2ccccc2s1. The van der Waals surface area contributed by atoms with Gasteiger partial charge in [-0.25, -0.2) is 9.97 Å². The molecule has 0 aliphatic heterocycles. The van der Waals surface area contributed by atoms with Gasteiger partial charge in [-0.15, -0.1) is 22.7 Å². The van der Waals surface area contributed by atoms with Crippen LogP contribution in [-0.2, 0) is 4.79 Å². The van der Waals surface area contributed by atoms with Gasteiger partial charge in [0.15, 0.2) is 10.8 Å². The number of carboxylic acid groups (broad SMARTS) is 1. The highest BCUT2D eigenvalue weighted by molar-refractivity contribution is 7.19. The Morgan fingerprint density at radius 1 is 1.20 bits per heavy atom. The van der Waals surface area contributed by atoms with E-state index in [2.05, 4.69) is 9.97 Å². The van der Waals surface area contributed by atoms with Crippen molar-refractivity contribution in [1.29, 1.82) is 0 Å². The van der Waals surface area contributed by atoms with Gasteiger partial charge in [-0.05, 0) is 30.3 Å². The van der Waals surface area contributed by atoms with Crippen LogP contribution in [0.5, 0.6) is 0 Å². The molecule has 5 nitrogen and oxygen atoms in total. The number of carboxylic acids is 1. The second-order valence-electron chi connectivity index (χ2n) is 5.27. The van der Waals surface area contributed by atoms with Gasteiger partial charge >= 0.3 is 5.97 Å². The van der Waals surface area contributed by atoms with Crippen molar-refractivity contribution in [2.75, 3.05) is 0 Å². The molecule has 3 heterocycles. The third-order valence-electron chi connectivity index (χ3n) is 3.48. The fourth-order valence-corrected chi connectivity index (χ4v) is 4.23. The molecule has 0 unspecified atom stereocenters. The van der Waals surface area contributed by atoms with Gasteiger partial charge in [-0.3, -0.25) is 4.79 Å². The molecule has 0 amide bonds. The predicted octanol–water partition coefficient (Wildman–Crippen LogP) is 5.03. The molecule has 1 aromatic carbocycles. The Morgan fingerprint density at radius 3 is 2.84 bits per heavy atom. The minimum absolute atomic E-state index is 0.0895. The van der Waals surface area contributed by atoms with Crippen LogP contribution in [0.1, 0.15) is 16.3 Å². The first kappa shape index (κ1) is 15.7. The number of benzene rings is 1. The molecule has 3 aromatic heterocycles. The summed E-state index contributed by atoms with van der Waals surface area (Å²) < 4.78 is 6.39. The van der Waals surface area contributed by atoms with Gasteiger partial charge in [0.1, 0.15) is 5.01 Å². The number of nitrogens with zero attached hydrogens (tertiary/aromatic N) is 2. The number of rotatable bonds is 5. The molecule has 0 aliphatic carbocycles. The van der Waals surface area contributed by atoms with Crippen molar-refractivity contribution in [2.24, 2.45) is 0 Å². The average Bonchev–Trinajstić information content (AvgIpc) is 3.33. The largest absolute Gasteiger partial charge is 0.481 e. The topological polar surface area (TPSA) is 76.2 Å². The fourth-order valence-electron chi connectivity index (χ4n) is 2.40. The molecule has 1 N–H and O–H groups in total. The molecule has 4 rings (SSSR count). The Morgan fingerprint density at radius 2 is 2.08 bits per heavy atom. The summed E-state index contributed by atoms with van der Waals surface area (Å²) >= 11 is 2.94. The van der Waals surface area contributed by atoms with E-state index in [9.17, 15) is 9.90 Å². The summed E-state index contributed by atoms with van der Waals surface area (Å²) in [7, 11) is 0. The molecule has 0 aliphatic rings. The first-order valence-corrected chi connectivity index (χ1v) is 9.10. The second kappa shape index (κ2) is 6.62. The van der Waals surface area contributed by atoms with Crippen LogP contribution in [-0.4, -0.2) is 21.0 Å². The summed E-state index contributed by atoms with van der Waals surface area (Å²) in [4.78, 5) is 21.1. The number of para-hydroxylation sites is 1. The molecule has 0 atom stereocenters. The van der Waals surface area contributed by atoms with Gasteiger partial charge < -0.3 is 9.52 Å². The average molecular weight is 368 g/mol. The Bertz CT molecular complexity index is 1030. The van der Waals surface area contributed by atoms with E-state index in [1.54, 1.807) is 12.5 Å². The Balaban J connectivity index is 1.73. The molecule has 0 bridgehead atoms. The summed E-state index contributed by atoms with van der Waals surface area (Å²) in [5, 5.41) is 10.7. The van der Waals surface area contributed by atoms with Crippen molar-refractivity contribution in [1.82, 2.24) is 9.97 Å². The molecule has 0 radical (unpaired) electrons. The number of aromatic nitrogens is 2. The van der Waals surface area contributed by atoms with Crippen molar-refractivity contribution in [2.45, 2.75) is 6.42 Å². The van der Waals surface area contributed by atoms with E-state index in [-0.39, 0.29) is 6.42 Å². The van der Waals surface area contributed by atoms with E-state index < -0.39 is 5.97 Å². The first-order valence-electron chi connectivity index (χ1n) is 7.47. The summed E-state index contributed by atoms with van der Waals surface area (Å²) in [5.74, 6) is -0.189. The zero-order chi connectivity index (χ0) is 17.2. The molecular formula is C18H12N2O3S2. The molecule has 124 valence electrons. The smallest absolute Gasteiger partial charge is 0.307 e. The Hall–Kier alpha value is -2.77. The van der Waals surface area contributed by atoms with Crippen LogP contribution in [0.4, 0.5) is 0 Å². The van der Waals surface area contributed by atoms with Crippen LogP contribution >= 0.6 is 22.7 Å². The van der Waals surface area contributed by atoms with Crippen LogP contribution in [0.2, 0.25) is 0 Å². The molecule has 0 saturated heterocycles. The maximum absolute atomic E-state index is 11.3. The minimum atomic E-state index is -0.888. The van der Waals surface area contributed by atoms with Crippen molar-refractivity contribution < 1.29 is 14.3 Å². The lowest BCUT2D eigenvalue weighted by molar-refractivity contribution is -0.135. The van der Waals surface area contributed by atoms with Crippen LogP contribution in [0, 0.1) is 0 Å². The highest BCUT2D eigenvalue weighted by Gasteiger charge is 2.14. The quantitative estimate of drug-likeness (QED) is 0.535. The number of fused-ring (bicyclic) bond motifs is 1. The normalized spacial score (nSPS) is 11.9. The zero-order valence-electron chi connectivity index (χ0n) is 12.9. The van der Waals surface area contributed by atoms with Crippen molar-refractivity contribution >= 4 is 50.5 Å². The monoisotopic (exact) mass is 368 g/mol. The van der Waals surface area contributed by atoms with Gasteiger partial charge in [-0.1, -0.05) is 12.1 Å². The molecule has 0 spiro atoms. The lowest BCUT2D eigenvalue weighted by Gasteiger charge is -1.99. The maximum Gasteiger partial charge on any atom is 0.307 e. The van der Waals surface area contributed by atoms with E-state index in [0.717, 1.165) is 25.1 Å². The molecule has 4 aromatic rings. The number of hydrogen-bond donors (Lipinski definition) is 1. The number of furan rings is 1. The summed E-state index contributed by atoms with van der Waals surface area (Å²) in [6.45, 7) is 0. The second-order valence-corrected chi connectivity index (χ2v) is 7.36. The van der Waals surface area contributed by atoms with E-state index >= 15 is 0 Å². The van der Waals surface area contributed by atoms with Gasteiger partial charge in [0.25, 0.3) is 0 Å². The van der Waals surface area contributed by atoms with E-state index in [4.69, 9.17) is 4.42 Å². The van der Waals surface area contributed by atoms with Gasteiger partial charge in [0.2, 0.25) is 0 Å². The molecule has 0 saturated carbocycles. The minimum Gasteiger partial charge on any atom is -0.481 e. The number of thiazole rings is 2. The first-order chi connectivity index (χ1) is 12.2. The summed E-state index contributed by atoms with van der Waals surface area (Å²) in [6.07, 6.45) is 5.07. The van der Waals surface area contributed by atoms with Gasteiger partial charge in [-0.2, -0.15) is 0 Å². The molecule has 7 heteroatoms. The maximum atomic E-state index is 11.3. The Kier molecular flexibility index (Phi) is 4.17. The van der Waals surface area contributed by atoms with Gasteiger partial charge in [0.05, 0.1) is 22.9 Å². The van der Waals surface area contributed by atoms with Crippen molar-refractivity contribution in [3.05, 3.63) is 58.7 Å². The lowest BCUT2D eigenvalue weighted by Crippen LogP contribution is -1.96. The van der Waals surface area contributed by atoms with E-state index in [0.29, 0.717) is 11.3 Å². The standard InChI is InChI=1S/C18H12N2O3S2/c21-16(22)9-11(17-20-13-4-1-2-6-15(13)25-17)8-12-10-19-18(24-12)14-5-3-7-23-14/h1-8,10H,9H2,(H,21,22)/b11-8+. The lowest BCUT2D eigenvalue weighted by atomic mass is 10.2. The molecule has 25 heavy (non-hydrogen) atoms. The summed E-state index contributed by atoms with van der Waals surface area (Å²) in [6, 6.07) is 11.4. The summed E-state index contributed by atoms with van der Waals surface area (Å²) in [5.41, 5.74) is 1.54. The number of hydrogen-bond acceptors (Lipinski definition) is 6. The van der Waals surface area contributed by atoms with Crippen molar-refractivity contribution in [3.8, 4) is 10.8 Å². The molecule has 0 fully saturated rings. The van der Waals surface area contributed by atoms with Crippen molar-refractivity contribution in [3.63, 3.8) is 0 Å². The van der Waals surface area contributed by atoms with E-state index in [1.807, 2.05) is 42.5 Å². The van der Waals surface area contributed by atoms with Crippen LogP contribution < -0.4 is 0 Å². The fraction of sp³-hybridized carbons (Fsp3) is 0.0556. The highest BCUT2D eigenvalue weighted by Crippen LogP contribution is 2.32.